The summed E-state index contributed by atoms with van der Waals surface area (Å²) in [5.41, 5.74) is 7.32. The number of nitrogens with two attached hydrogens (primary N) is 1. The number of benzene rings is 1. The molecule has 1 atom stereocenters. The van der Waals surface area contributed by atoms with Crippen molar-refractivity contribution in [3.05, 3.63) is 50.1 Å². The second-order valence-electron chi connectivity index (χ2n) is 4.21. The Hall–Kier alpha value is -0.840. The normalized spacial score (nSPS) is 12.6. The van der Waals surface area contributed by atoms with E-state index in [0.717, 1.165) is 16.5 Å². The fraction of sp³-hybridized carbons (Fsp3) is 0.286. The van der Waals surface area contributed by atoms with E-state index in [1.807, 2.05) is 18.2 Å². The van der Waals surface area contributed by atoms with E-state index in [4.69, 9.17) is 5.73 Å². The van der Waals surface area contributed by atoms with Crippen molar-refractivity contribution in [2.75, 3.05) is 5.73 Å². The van der Waals surface area contributed by atoms with Crippen LogP contribution in [0.25, 0.3) is 0 Å². The van der Waals surface area contributed by atoms with Gasteiger partial charge in [-0.3, -0.25) is 0 Å². The standard InChI is InChI=1S/C14H16BrNOS/c1-2-10-4-5-11(18-10)8-14(17)12-7-9(15)3-6-13(12)16/h3-7,14,17H,2,8,16H2,1H3. The molecule has 1 aromatic carbocycles. The van der Waals surface area contributed by atoms with Gasteiger partial charge in [-0.2, -0.15) is 0 Å². The van der Waals surface area contributed by atoms with Crippen LogP contribution in [0.5, 0.6) is 0 Å². The number of rotatable bonds is 4. The van der Waals surface area contributed by atoms with Crippen LogP contribution in [0.4, 0.5) is 5.69 Å². The summed E-state index contributed by atoms with van der Waals surface area (Å²) in [6, 6.07) is 9.78. The Balaban J connectivity index is 2.16. The first-order valence-corrected chi connectivity index (χ1v) is 7.51. The van der Waals surface area contributed by atoms with Crippen LogP contribution < -0.4 is 5.73 Å². The van der Waals surface area contributed by atoms with E-state index < -0.39 is 6.10 Å². The van der Waals surface area contributed by atoms with Crippen LogP contribution in [-0.4, -0.2) is 5.11 Å². The zero-order valence-corrected chi connectivity index (χ0v) is 12.6. The molecule has 4 heteroatoms. The summed E-state index contributed by atoms with van der Waals surface area (Å²) in [4.78, 5) is 2.54. The van der Waals surface area contributed by atoms with E-state index in [1.54, 1.807) is 11.3 Å². The van der Waals surface area contributed by atoms with Gasteiger partial charge in [0.25, 0.3) is 0 Å². The van der Waals surface area contributed by atoms with Crippen molar-refractivity contribution in [1.29, 1.82) is 0 Å². The lowest BCUT2D eigenvalue weighted by molar-refractivity contribution is 0.180. The molecule has 3 N–H and O–H groups in total. The number of aliphatic hydroxyl groups excluding tert-OH is 1. The van der Waals surface area contributed by atoms with Crippen LogP contribution in [0.3, 0.4) is 0 Å². The summed E-state index contributed by atoms with van der Waals surface area (Å²) in [5, 5.41) is 10.3. The maximum Gasteiger partial charge on any atom is 0.0858 e. The molecule has 1 unspecified atom stereocenters. The number of anilines is 1. The van der Waals surface area contributed by atoms with Crippen LogP contribution in [0, 0.1) is 0 Å². The Morgan fingerprint density at radius 1 is 1.28 bits per heavy atom. The highest BCUT2D eigenvalue weighted by molar-refractivity contribution is 9.10. The lowest BCUT2D eigenvalue weighted by Gasteiger charge is -2.13. The van der Waals surface area contributed by atoms with E-state index >= 15 is 0 Å². The van der Waals surface area contributed by atoms with Gasteiger partial charge in [-0.15, -0.1) is 11.3 Å². The fourth-order valence-corrected chi connectivity index (χ4v) is 3.23. The number of aryl methyl sites for hydroxylation is 1. The topological polar surface area (TPSA) is 46.2 Å². The molecule has 0 aliphatic rings. The van der Waals surface area contributed by atoms with Crippen molar-refractivity contribution < 1.29 is 5.11 Å². The van der Waals surface area contributed by atoms with Gasteiger partial charge in [-0.25, -0.2) is 0 Å². The first kappa shape index (κ1) is 13.6. The molecule has 0 aliphatic heterocycles. The summed E-state index contributed by atoms with van der Waals surface area (Å²) in [6.45, 7) is 2.14. The molecule has 0 aliphatic carbocycles. The Labute approximate surface area is 120 Å². The van der Waals surface area contributed by atoms with Crippen molar-refractivity contribution in [2.45, 2.75) is 25.9 Å². The second-order valence-corrected chi connectivity index (χ2v) is 6.38. The SMILES string of the molecule is CCc1ccc(CC(O)c2cc(Br)ccc2N)s1. The van der Waals surface area contributed by atoms with Crippen LogP contribution in [0.2, 0.25) is 0 Å². The van der Waals surface area contributed by atoms with Gasteiger partial charge in [0, 0.05) is 31.9 Å². The lowest BCUT2D eigenvalue weighted by Crippen LogP contribution is -2.04. The van der Waals surface area contributed by atoms with Crippen molar-refractivity contribution in [3.63, 3.8) is 0 Å². The van der Waals surface area contributed by atoms with Gasteiger partial charge in [-0.05, 0) is 36.8 Å². The molecule has 1 heterocycles. The molecule has 0 amide bonds. The van der Waals surface area contributed by atoms with Gasteiger partial charge in [0.2, 0.25) is 0 Å². The summed E-state index contributed by atoms with van der Waals surface area (Å²) in [7, 11) is 0. The maximum atomic E-state index is 10.3. The number of aliphatic hydroxyl groups is 1. The molecule has 0 fully saturated rings. The van der Waals surface area contributed by atoms with Crippen molar-refractivity contribution >= 4 is 33.0 Å². The third kappa shape index (κ3) is 3.13. The first-order valence-electron chi connectivity index (χ1n) is 5.90. The molecule has 0 radical (unpaired) electrons. The van der Waals surface area contributed by atoms with Crippen LogP contribution in [0.1, 0.15) is 28.3 Å². The van der Waals surface area contributed by atoms with Crippen LogP contribution in [0.15, 0.2) is 34.8 Å². The summed E-state index contributed by atoms with van der Waals surface area (Å²) in [5.74, 6) is 0. The number of thiophene rings is 1. The van der Waals surface area contributed by atoms with Gasteiger partial charge in [0.1, 0.15) is 0 Å². The smallest absolute Gasteiger partial charge is 0.0858 e. The quantitative estimate of drug-likeness (QED) is 0.836. The Morgan fingerprint density at radius 2 is 2.00 bits per heavy atom. The summed E-state index contributed by atoms with van der Waals surface area (Å²) < 4.78 is 0.936. The largest absolute Gasteiger partial charge is 0.398 e. The molecule has 0 saturated heterocycles. The van der Waals surface area contributed by atoms with Crippen LogP contribution in [-0.2, 0) is 12.8 Å². The van der Waals surface area contributed by atoms with E-state index in [0.29, 0.717) is 12.1 Å². The zero-order valence-electron chi connectivity index (χ0n) is 10.2. The minimum atomic E-state index is -0.550. The third-order valence-electron chi connectivity index (χ3n) is 2.87. The molecule has 2 nitrogen and oxygen atoms in total. The minimum absolute atomic E-state index is 0.550. The van der Waals surface area contributed by atoms with Gasteiger partial charge in [-0.1, -0.05) is 22.9 Å². The first-order chi connectivity index (χ1) is 8.60. The van der Waals surface area contributed by atoms with Gasteiger partial charge < -0.3 is 10.8 Å². The average Bonchev–Trinajstić information content (AvgIpc) is 2.80. The highest BCUT2D eigenvalue weighted by Crippen LogP contribution is 2.29. The van der Waals surface area contributed by atoms with E-state index in [-0.39, 0.29) is 0 Å². The van der Waals surface area contributed by atoms with Crippen molar-refractivity contribution in [2.24, 2.45) is 0 Å². The van der Waals surface area contributed by atoms with Crippen molar-refractivity contribution in [1.82, 2.24) is 0 Å². The average molecular weight is 326 g/mol. The number of hydrogen-bond acceptors (Lipinski definition) is 3. The lowest BCUT2D eigenvalue weighted by atomic mass is 10.0. The van der Waals surface area contributed by atoms with Crippen LogP contribution >= 0.6 is 27.3 Å². The minimum Gasteiger partial charge on any atom is -0.398 e. The zero-order chi connectivity index (χ0) is 13.1. The highest BCUT2D eigenvalue weighted by Gasteiger charge is 2.13. The van der Waals surface area contributed by atoms with E-state index in [9.17, 15) is 5.11 Å². The summed E-state index contributed by atoms with van der Waals surface area (Å²) in [6.07, 6.45) is 1.11. The number of halogens is 1. The second kappa shape index (κ2) is 5.87. The molecule has 18 heavy (non-hydrogen) atoms. The predicted molar refractivity (Wildman–Crippen MR) is 80.9 cm³/mol. The molecular weight excluding hydrogens is 310 g/mol. The van der Waals surface area contributed by atoms with E-state index in [1.165, 1.54) is 9.75 Å². The highest BCUT2D eigenvalue weighted by atomic mass is 79.9. The summed E-state index contributed by atoms with van der Waals surface area (Å²) >= 11 is 5.15. The molecule has 2 aromatic rings. The number of hydrogen-bond donors (Lipinski definition) is 2. The molecule has 2 rings (SSSR count). The molecule has 0 saturated carbocycles. The Morgan fingerprint density at radius 3 is 2.67 bits per heavy atom. The third-order valence-corrected chi connectivity index (χ3v) is 4.61. The van der Waals surface area contributed by atoms with E-state index in [2.05, 4.69) is 35.0 Å². The maximum absolute atomic E-state index is 10.3. The Kier molecular flexibility index (Phi) is 4.43. The monoisotopic (exact) mass is 325 g/mol. The van der Waals surface area contributed by atoms with Crippen molar-refractivity contribution in [3.8, 4) is 0 Å². The van der Waals surface area contributed by atoms with Gasteiger partial charge >= 0.3 is 0 Å². The molecule has 0 bridgehead atoms. The fourth-order valence-electron chi connectivity index (χ4n) is 1.86. The molecule has 96 valence electrons. The predicted octanol–water partition coefficient (Wildman–Crippen LogP) is 3.93. The van der Waals surface area contributed by atoms with Gasteiger partial charge in [0.05, 0.1) is 6.10 Å². The molecule has 1 aromatic heterocycles. The van der Waals surface area contributed by atoms with Gasteiger partial charge in [0.15, 0.2) is 0 Å². The molecular formula is C14H16BrNOS. The number of nitrogen functional groups attached to an aromatic ring is 1. The molecule has 0 spiro atoms. The Bertz CT molecular complexity index is 538.